The highest BCUT2D eigenvalue weighted by Crippen LogP contribution is 2.25. The number of carbonyl (C=O) groups is 1. The summed E-state index contributed by atoms with van der Waals surface area (Å²) in [5, 5.41) is 10.1. The van der Waals surface area contributed by atoms with Crippen LogP contribution in [0.2, 0.25) is 0 Å². The number of nitrogens with two attached hydrogens (primary N) is 1. The van der Waals surface area contributed by atoms with Crippen LogP contribution in [0.4, 0.5) is 0 Å². The van der Waals surface area contributed by atoms with Gasteiger partial charge in [-0.05, 0) is 37.6 Å². The Kier molecular flexibility index (Phi) is 3.30. The van der Waals surface area contributed by atoms with Crippen molar-refractivity contribution in [2.24, 2.45) is 5.73 Å². The molecule has 0 bridgehead atoms. The van der Waals surface area contributed by atoms with Crippen molar-refractivity contribution in [3.8, 4) is 0 Å². The molecule has 4 nitrogen and oxygen atoms in total. The molecule has 0 saturated carbocycles. The van der Waals surface area contributed by atoms with Gasteiger partial charge in [0, 0.05) is 17.5 Å². The van der Waals surface area contributed by atoms with Crippen LogP contribution in [0.3, 0.4) is 0 Å². The fraction of sp³-hybridized carbons (Fsp3) is 0.286. The first-order chi connectivity index (χ1) is 8.54. The summed E-state index contributed by atoms with van der Waals surface area (Å²) in [6.45, 7) is 4.30. The Hall–Kier alpha value is -1.94. The van der Waals surface area contributed by atoms with E-state index in [1.54, 1.807) is 6.07 Å². The highest BCUT2D eigenvalue weighted by atomic mass is 16.4. The van der Waals surface area contributed by atoms with Crippen LogP contribution in [0.5, 0.6) is 0 Å². The normalized spacial score (nSPS) is 10.8. The molecule has 0 aliphatic heterocycles. The van der Waals surface area contributed by atoms with Crippen molar-refractivity contribution >= 4 is 16.9 Å². The number of aromatic carboxylic acids is 1. The van der Waals surface area contributed by atoms with Crippen LogP contribution in [0, 0.1) is 13.8 Å². The van der Waals surface area contributed by atoms with E-state index >= 15 is 0 Å². The second-order valence-corrected chi connectivity index (χ2v) is 4.43. The first-order valence-electron chi connectivity index (χ1n) is 5.87. The maximum atomic E-state index is 11.4. The predicted molar refractivity (Wildman–Crippen MR) is 70.9 cm³/mol. The van der Waals surface area contributed by atoms with Crippen molar-refractivity contribution in [2.45, 2.75) is 20.3 Å². The van der Waals surface area contributed by atoms with E-state index in [4.69, 9.17) is 5.73 Å². The van der Waals surface area contributed by atoms with Crippen molar-refractivity contribution in [1.29, 1.82) is 0 Å². The van der Waals surface area contributed by atoms with Gasteiger partial charge in [0.05, 0.1) is 11.1 Å². The molecule has 4 heteroatoms. The van der Waals surface area contributed by atoms with Crippen LogP contribution in [-0.4, -0.2) is 22.6 Å². The molecule has 94 valence electrons. The highest BCUT2D eigenvalue weighted by Gasteiger charge is 2.14. The van der Waals surface area contributed by atoms with Gasteiger partial charge in [-0.2, -0.15) is 0 Å². The van der Waals surface area contributed by atoms with E-state index in [0.717, 1.165) is 27.7 Å². The lowest BCUT2D eigenvalue weighted by Crippen LogP contribution is -2.08. The molecule has 0 atom stereocenters. The fourth-order valence-electron chi connectivity index (χ4n) is 2.14. The van der Waals surface area contributed by atoms with Gasteiger partial charge in [-0.3, -0.25) is 4.98 Å². The maximum Gasteiger partial charge on any atom is 0.336 e. The topological polar surface area (TPSA) is 76.2 Å². The zero-order valence-corrected chi connectivity index (χ0v) is 10.5. The average molecular weight is 244 g/mol. The van der Waals surface area contributed by atoms with Crippen LogP contribution in [0.1, 0.15) is 27.2 Å². The van der Waals surface area contributed by atoms with Gasteiger partial charge in [-0.25, -0.2) is 4.79 Å². The van der Waals surface area contributed by atoms with Gasteiger partial charge in [0.1, 0.15) is 0 Å². The number of carboxylic acid groups (broad SMARTS) is 1. The van der Waals surface area contributed by atoms with Crippen LogP contribution >= 0.6 is 0 Å². The first-order valence-corrected chi connectivity index (χ1v) is 5.87. The molecule has 1 aromatic carbocycles. The molecule has 18 heavy (non-hydrogen) atoms. The molecule has 3 N–H and O–H groups in total. The Morgan fingerprint density at radius 2 is 2.00 bits per heavy atom. The second-order valence-electron chi connectivity index (χ2n) is 4.43. The van der Waals surface area contributed by atoms with Gasteiger partial charge in [-0.15, -0.1) is 0 Å². The Labute approximate surface area is 105 Å². The quantitative estimate of drug-likeness (QED) is 0.866. The third kappa shape index (κ3) is 2.07. The zero-order valence-electron chi connectivity index (χ0n) is 10.5. The van der Waals surface area contributed by atoms with Crippen LogP contribution in [0.25, 0.3) is 10.9 Å². The Bertz CT molecular complexity index is 621. The molecule has 1 aromatic heterocycles. The lowest BCUT2D eigenvalue weighted by Gasteiger charge is -2.10. The summed E-state index contributed by atoms with van der Waals surface area (Å²) in [7, 11) is 0. The van der Waals surface area contributed by atoms with Crippen molar-refractivity contribution in [2.75, 3.05) is 6.54 Å². The summed E-state index contributed by atoms with van der Waals surface area (Å²) in [5.74, 6) is -0.922. The van der Waals surface area contributed by atoms with Crippen molar-refractivity contribution in [1.82, 2.24) is 4.98 Å². The average Bonchev–Trinajstić information content (AvgIpc) is 2.33. The molecule has 2 rings (SSSR count). The van der Waals surface area contributed by atoms with Crippen molar-refractivity contribution < 1.29 is 9.90 Å². The summed E-state index contributed by atoms with van der Waals surface area (Å²) in [6, 6.07) is 5.51. The number of aryl methyl sites for hydroxylation is 2. The lowest BCUT2D eigenvalue weighted by atomic mass is 9.99. The van der Waals surface area contributed by atoms with E-state index in [1.165, 1.54) is 0 Å². The minimum atomic E-state index is -0.922. The van der Waals surface area contributed by atoms with E-state index in [2.05, 4.69) is 4.98 Å². The second kappa shape index (κ2) is 4.74. The van der Waals surface area contributed by atoms with E-state index in [9.17, 15) is 9.90 Å². The Morgan fingerprint density at radius 1 is 1.33 bits per heavy atom. The number of pyridine rings is 1. The van der Waals surface area contributed by atoms with E-state index in [-0.39, 0.29) is 0 Å². The summed E-state index contributed by atoms with van der Waals surface area (Å²) in [4.78, 5) is 15.9. The summed E-state index contributed by atoms with van der Waals surface area (Å²) < 4.78 is 0. The molecule has 0 aliphatic rings. The Morgan fingerprint density at radius 3 is 2.61 bits per heavy atom. The fourth-order valence-corrected chi connectivity index (χ4v) is 2.14. The molecule has 0 saturated heterocycles. The van der Waals surface area contributed by atoms with Gasteiger partial charge in [0.25, 0.3) is 0 Å². The smallest absolute Gasteiger partial charge is 0.336 e. The number of carboxylic acids is 1. The van der Waals surface area contributed by atoms with Gasteiger partial charge < -0.3 is 10.8 Å². The third-order valence-electron chi connectivity index (χ3n) is 3.05. The van der Waals surface area contributed by atoms with Crippen LogP contribution in [-0.2, 0) is 6.42 Å². The van der Waals surface area contributed by atoms with Gasteiger partial charge in [0.2, 0.25) is 0 Å². The number of aromatic nitrogens is 1. The third-order valence-corrected chi connectivity index (χ3v) is 3.05. The molecule has 0 amide bonds. The molecule has 0 spiro atoms. The number of rotatable bonds is 3. The molecular formula is C14H16N2O2. The first kappa shape index (κ1) is 12.5. The number of fused-ring (bicyclic) bond motifs is 1. The number of hydrogen-bond acceptors (Lipinski definition) is 3. The standard InChI is InChI=1S/C14H16N2O2/c1-8-3-4-9(2)13-12(8)11(14(17)18)7-10(16-13)5-6-15/h3-4,7H,5-6,15H2,1-2H3,(H,17,18). The molecule has 0 unspecified atom stereocenters. The van der Waals surface area contributed by atoms with Crippen LogP contribution in [0.15, 0.2) is 18.2 Å². The van der Waals surface area contributed by atoms with E-state index in [1.807, 2.05) is 26.0 Å². The molecule has 0 radical (unpaired) electrons. The molecule has 0 aliphatic carbocycles. The number of hydrogen-bond donors (Lipinski definition) is 2. The summed E-state index contributed by atoms with van der Waals surface area (Å²) in [6.07, 6.45) is 0.587. The Balaban J connectivity index is 2.85. The number of nitrogens with zero attached hydrogens (tertiary/aromatic N) is 1. The van der Waals surface area contributed by atoms with Crippen molar-refractivity contribution in [3.05, 3.63) is 40.6 Å². The van der Waals surface area contributed by atoms with Gasteiger partial charge >= 0.3 is 5.97 Å². The minimum Gasteiger partial charge on any atom is -0.478 e. The van der Waals surface area contributed by atoms with Gasteiger partial charge in [0.15, 0.2) is 0 Å². The summed E-state index contributed by atoms with van der Waals surface area (Å²) in [5.41, 5.74) is 9.23. The molecule has 1 heterocycles. The van der Waals surface area contributed by atoms with E-state index < -0.39 is 5.97 Å². The maximum absolute atomic E-state index is 11.4. The van der Waals surface area contributed by atoms with Crippen LogP contribution < -0.4 is 5.73 Å². The summed E-state index contributed by atoms with van der Waals surface area (Å²) >= 11 is 0. The number of benzene rings is 1. The largest absolute Gasteiger partial charge is 0.478 e. The van der Waals surface area contributed by atoms with Crippen molar-refractivity contribution in [3.63, 3.8) is 0 Å². The monoisotopic (exact) mass is 244 g/mol. The lowest BCUT2D eigenvalue weighted by molar-refractivity contribution is 0.0698. The minimum absolute atomic E-state index is 0.310. The molecule has 0 fully saturated rings. The molecular weight excluding hydrogens is 228 g/mol. The van der Waals surface area contributed by atoms with E-state index in [0.29, 0.717) is 18.5 Å². The zero-order chi connectivity index (χ0) is 13.3. The predicted octanol–water partition coefficient (Wildman–Crippen LogP) is 2.05. The van der Waals surface area contributed by atoms with Gasteiger partial charge in [-0.1, -0.05) is 12.1 Å². The highest BCUT2D eigenvalue weighted by molar-refractivity contribution is 6.04. The SMILES string of the molecule is Cc1ccc(C)c2c(C(=O)O)cc(CCN)nc12. The molecule has 2 aromatic rings.